The van der Waals surface area contributed by atoms with Gasteiger partial charge in [0.1, 0.15) is 0 Å². The van der Waals surface area contributed by atoms with Crippen molar-refractivity contribution in [2.45, 2.75) is 0 Å². The van der Waals surface area contributed by atoms with Crippen LogP contribution in [0.3, 0.4) is 0 Å². The fraction of sp³-hybridized carbons (Fsp3) is 0.167. The molecule has 2 aromatic rings. The molecule has 1 amide bonds. The van der Waals surface area contributed by atoms with Gasteiger partial charge in [0.2, 0.25) is 5.75 Å². The zero-order valence-corrected chi connectivity index (χ0v) is 13.2. The first kappa shape index (κ1) is 16.2. The average Bonchev–Trinajstić information content (AvgIpc) is 2.60. The summed E-state index contributed by atoms with van der Waals surface area (Å²) in [5.41, 5.74) is 1.68. The van der Waals surface area contributed by atoms with Crippen molar-refractivity contribution in [3.05, 3.63) is 47.5 Å². The summed E-state index contributed by atoms with van der Waals surface area (Å²) in [4.78, 5) is 12.4. The molecule has 118 valence electrons. The summed E-state index contributed by atoms with van der Waals surface area (Å²) < 4.78 is 15.7. The van der Waals surface area contributed by atoms with Crippen LogP contribution in [0.5, 0.6) is 17.2 Å². The maximum absolute atomic E-state index is 12.4. The maximum atomic E-state index is 12.4. The number of nitrogens with one attached hydrogen (secondary N) is 1. The highest BCUT2D eigenvalue weighted by Gasteiger charge is 2.17. The highest BCUT2D eigenvalue weighted by atomic mass is 16.5. The molecule has 0 spiro atoms. The van der Waals surface area contributed by atoms with E-state index in [9.17, 15) is 4.79 Å². The fourth-order valence-electron chi connectivity index (χ4n) is 2.10. The number of methoxy groups -OCH3 is 3. The second-order valence-corrected chi connectivity index (χ2v) is 4.59. The molecule has 2 aromatic carbocycles. The highest BCUT2D eigenvalue weighted by Crippen LogP contribution is 2.38. The molecule has 0 fully saturated rings. The van der Waals surface area contributed by atoms with Crippen molar-refractivity contribution in [2.24, 2.45) is 0 Å². The number of hydrogen-bond donors (Lipinski definition) is 1. The minimum atomic E-state index is -0.307. The van der Waals surface area contributed by atoms with Gasteiger partial charge in [0.25, 0.3) is 5.91 Å². The summed E-state index contributed by atoms with van der Waals surface area (Å²) in [5, 5.41) is 2.79. The number of benzene rings is 2. The normalized spacial score (nSPS) is 9.65. The van der Waals surface area contributed by atoms with Gasteiger partial charge in [-0.25, -0.2) is 0 Å². The Morgan fingerprint density at radius 2 is 1.70 bits per heavy atom. The molecule has 0 aliphatic heterocycles. The summed E-state index contributed by atoms with van der Waals surface area (Å²) >= 11 is 0. The van der Waals surface area contributed by atoms with E-state index < -0.39 is 0 Å². The third-order valence-corrected chi connectivity index (χ3v) is 3.21. The van der Waals surface area contributed by atoms with Crippen LogP contribution in [0, 0.1) is 12.3 Å². The molecule has 1 N–H and O–H groups in total. The number of rotatable bonds is 5. The number of carbonyl (C=O) groups is 1. The van der Waals surface area contributed by atoms with Crippen LogP contribution in [0.15, 0.2) is 36.4 Å². The Kier molecular flexibility index (Phi) is 5.11. The Morgan fingerprint density at radius 1 is 1.04 bits per heavy atom. The van der Waals surface area contributed by atoms with E-state index in [1.54, 1.807) is 36.4 Å². The van der Waals surface area contributed by atoms with Crippen LogP contribution in [0.25, 0.3) is 0 Å². The molecule has 0 radical (unpaired) electrons. The zero-order chi connectivity index (χ0) is 16.8. The van der Waals surface area contributed by atoms with E-state index in [4.69, 9.17) is 20.6 Å². The molecule has 0 saturated carbocycles. The van der Waals surface area contributed by atoms with Gasteiger partial charge in [0.05, 0.1) is 21.3 Å². The number of carbonyl (C=O) groups excluding carboxylic acids is 1. The van der Waals surface area contributed by atoms with Gasteiger partial charge in [-0.1, -0.05) is 12.0 Å². The third kappa shape index (κ3) is 3.55. The molecule has 0 aliphatic carbocycles. The Bertz CT molecular complexity index is 737. The quantitative estimate of drug-likeness (QED) is 0.863. The fourth-order valence-corrected chi connectivity index (χ4v) is 2.10. The minimum absolute atomic E-state index is 0.307. The number of anilines is 1. The van der Waals surface area contributed by atoms with Crippen LogP contribution >= 0.6 is 0 Å². The molecule has 5 heteroatoms. The number of ether oxygens (including phenoxy) is 3. The van der Waals surface area contributed by atoms with Crippen LogP contribution in [0.4, 0.5) is 5.69 Å². The predicted molar refractivity (Wildman–Crippen MR) is 88.4 cm³/mol. The summed E-state index contributed by atoms with van der Waals surface area (Å²) in [7, 11) is 4.50. The highest BCUT2D eigenvalue weighted by molar-refractivity contribution is 6.05. The first-order chi connectivity index (χ1) is 11.1. The lowest BCUT2D eigenvalue weighted by Gasteiger charge is -2.14. The Labute approximate surface area is 135 Å². The van der Waals surface area contributed by atoms with E-state index in [-0.39, 0.29) is 5.91 Å². The minimum Gasteiger partial charge on any atom is -0.493 e. The van der Waals surface area contributed by atoms with Crippen molar-refractivity contribution in [3.63, 3.8) is 0 Å². The topological polar surface area (TPSA) is 56.8 Å². The third-order valence-electron chi connectivity index (χ3n) is 3.21. The average molecular weight is 311 g/mol. The molecule has 0 bridgehead atoms. The Hall–Kier alpha value is -3.13. The smallest absolute Gasteiger partial charge is 0.255 e. The van der Waals surface area contributed by atoms with Crippen molar-refractivity contribution in [2.75, 3.05) is 26.6 Å². The number of hydrogen-bond acceptors (Lipinski definition) is 4. The largest absolute Gasteiger partial charge is 0.493 e. The summed E-state index contributed by atoms with van der Waals surface area (Å²) in [6.45, 7) is 0. The second-order valence-electron chi connectivity index (χ2n) is 4.59. The van der Waals surface area contributed by atoms with E-state index in [2.05, 4.69) is 11.2 Å². The Morgan fingerprint density at radius 3 is 2.22 bits per heavy atom. The Balaban J connectivity index is 2.33. The standard InChI is InChI=1S/C18H17NO4/c1-5-12-7-6-8-14(9-12)19-18(20)13-10-15(21-2)17(23-4)16(11-13)22-3/h1,6-11H,2-4H3,(H,19,20). The van der Waals surface area contributed by atoms with E-state index in [0.29, 0.717) is 34.1 Å². The maximum Gasteiger partial charge on any atom is 0.255 e. The molecule has 5 nitrogen and oxygen atoms in total. The van der Waals surface area contributed by atoms with Crippen molar-refractivity contribution in [1.29, 1.82) is 0 Å². The molecule has 2 rings (SSSR count). The lowest BCUT2D eigenvalue weighted by molar-refractivity contribution is 0.102. The monoisotopic (exact) mass is 311 g/mol. The van der Waals surface area contributed by atoms with Crippen molar-refractivity contribution < 1.29 is 19.0 Å². The van der Waals surface area contributed by atoms with Gasteiger partial charge in [-0.3, -0.25) is 4.79 Å². The summed E-state index contributed by atoms with van der Waals surface area (Å²) in [5.74, 6) is 3.47. The first-order valence-electron chi connectivity index (χ1n) is 6.81. The molecule has 23 heavy (non-hydrogen) atoms. The van der Waals surface area contributed by atoms with Crippen LogP contribution in [-0.2, 0) is 0 Å². The van der Waals surface area contributed by atoms with Crippen LogP contribution < -0.4 is 19.5 Å². The molecule has 0 atom stereocenters. The molecular weight excluding hydrogens is 294 g/mol. The number of terminal acetylenes is 1. The van der Waals surface area contributed by atoms with Crippen molar-refractivity contribution in [3.8, 4) is 29.6 Å². The van der Waals surface area contributed by atoms with Crippen molar-refractivity contribution in [1.82, 2.24) is 0 Å². The lowest BCUT2D eigenvalue weighted by Crippen LogP contribution is -2.12. The van der Waals surface area contributed by atoms with Gasteiger partial charge >= 0.3 is 0 Å². The summed E-state index contributed by atoms with van der Waals surface area (Å²) in [6.07, 6.45) is 5.36. The zero-order valence-electron chi connectivity index (χ0n) is 13.2. The van der Waals surface area contributed by atoms with E-state index in [1.165, 1.54) is 21.3 Å². The molecular formula is C18H17NO4. The SMILES string of the molecule is C#Cc1cccc(NC(=O)c2cc(OC)c(OC)c(OC)c2)c1. The van der Waals surface area contributed by atoms with E-state index in [0.717, 1.165) is 0 Å². The van der Waals surface area contributed by atoms with Gasteiger partial charge in [-0.2, -0.15) is 0 Å². The lowest BCUT2D eigenvalue weighted by atomic mass is 10.1. The molecule has 0 heterocycles. The van der Waals surface area contributed by atoms with Gasteiger partial charge < -0.3 is 19.5 Å². The molecule has 0 aliphatic rings. The van der Waals surface area contributed by atoms with Gasteiger partial charge in [0, 0.05) is 16.8 Å². The van der Waals surface area contributed by atoms with Crippen LogP contribution in [0.1, 0.15) is 15.9 Å². The second kappa shape index (κ2) is 7.23. The van der Waals surface area contributed by atoms with Gasteiger partial charge in [-0.15, -0.1) is 6.42 Å². The van der Waals surface area contributed by atoms with E-state index in [1.807, 2.05) is 0 Å². The van der Waals surface area contributed by atoms with Gasteiger partial charge in [0.15, 0.2) is 11.5 Å². The molecule has 0 unspecified atom stereocenters. The van der Waals surface area contributed by atoms with Crippen LogP contribution in [-0.4, -0.2) is 27.2 Å². The van der Waals surface area contributed by atoms with E-state index >= 15 is 0 Å². The number of amides is 1. The summed E-state index contributed by atoms with van der Waals surface area (Å²) in [6, 6.07) is 10.2. The van der Waals surface area contributed by atoms with Gasteiger partial charge in [-0.05, 0) is 30.3 Å². The van der Waals surface area contributed by atoms with Crippen LogP contribution in [0.2, 0.25) is 0 Å². The first-order valence-corrected chi connectivity index (χ1v) is 6.81. The van der Waals surface area contributed by atoms with Crippen molar-refractivity contribution >= 4 is 11.6 Å². The molecule has 0 saturated heterocycles. The molecule has 0 aromatic heterocycles. The predicted octanol–water partition coefficient (Wildman–Crippen LogP) is 2.95.